The molecule has 0 aliphatic heterocycles. The molecule has 1 unspecified atom stereocenters. The fourth-order valence-corrected chi connectivity index (χ4v) is 2.41. The van der Waals surface area contributed by atoms with Gasteiger partial charge in [0.05, 0.1) is 6.20 Å². The first-order chi connectivity index (χ1) is 7.34. The van der Waals surface area contributed by atoms with Crippen molar-refractivity contribution in [2.24, 2.45) is 0 Å². The number of nitrogens with zero attached hydrogens (tertiary/aromatic N) is 1. The molecule has 15 heavy (non-hydrogen) atoms. The Hall–Kier alpha value is -1.57. The van der Waals surface area contributed by atoms with Crippen LogP contribution in [0.15, 0.2) is 30.5 Å². The lowest BCUT2D eigenvalue weighted by Gasteiger charge is -2.09. The molecule has 2 aromatic rings. The number of aromatic nitrogens is 2. The van der Waals surface area contributed by atoms with Crippen molar-refractivity contribution in [1.82, 2.24) is 10.2 Å². The minimum absolute atomic E-state index is 0.555. The van der Waals surface area contributed by atoms with Crippen LogP contribution in [0, 0.1) is 6.92 Å². The highest BCUT2D eigenvalue weighted by Crippen LogP contribution is 2.36. The van der Waals surface area contributed by atoms with Crippen LogP contribution >= 0.6 is 0 Å². The van der Waals surface area contributed by atoms with E-state index < -0.39 is 0 Å². The number of rotatable bonds is 1. The third-order valence-electron chi connectivity index (χ3n) is 3.29. The summed E-state index contributed by atoms with van der Waals surface area (Å²) in [6.07, 6.45) is 4.33. The Kier molecular flexibility index (Phi) is 1.88. The molecule has 0 saturated heterocycles. The summed E-state index contributed by atoms with van der Waals surface area (Å²) < 4.78 is 0. The largest absolute Gasteiger partial charge is 0.282 e. The monoisotopic (exact) mass is 198 g/mol. The van der Waals surface area contributed by atoms with E-state index in [4.69, 9.17) is 0 Å². The first-order valence-electron chi connectivity index (χ1n) is 5.43. The molecular weight excluding hydrogens is 184 g/mol. The number of H-pyrrole nitrogens is 1. The second-order valence-corrected chi connectivity index (χ2v) is 4.31. The second-order valence-electron chi connectivity index (χ2n) is 4.31. The van der Waals surface area contributed by atoms with E-state index in [-0.39, 0.29) is 0 Å². The molecule has 0 spiro atoms. The van der Waals surface area contributed by atoms with Crippen LogP contribution in [-0.4, -0.2) is 10.2 Å². The van der Waals surface area contributed by atoms with Crippen LogP contribution < -0.4 is 0 Å². The van der Waals surface area contributed by atoms with Crippen molar-refractivity contribution in [3.05, 3.63) is 52.8 Å². The molecular formula is C13H14N2. The van der Waals surface area contributed by atoms with Crippen LogP contribution in [0.5, 0.6) is 0 Å². The van der Waals surface area contributed by atoms with Crippen LogP contribution in [-0.2, 0) is 6.42 Å². The van der Waals surface area contributed by atoms with Gasteiger partial charge in [0, 0.05) is 17.2 Å². The molecule has 0 amide bonds. The first kappa shape index (κ1) is 8.72. The SMILES string of the molecule is Cc1ccc(C2CCc3[nH]ncc32)cc1. The molecule has 1 aromatic carbocycles. The summed E-state index contributed by atoms with van der Waals surface area (Å²) in [5, 5.41) is 7.19. The summed E-state index contributed by atoms with van der Waals surface area (Å²) in [4.78, 5) is 0. The number of fused-ring (bicyclic) bond motifs is 1. The van der Waals surface area contributed by atoms with Crippen molar-refractivity contribution in [2.75, 3.05) is 0 Å². The van der Waals surface area contributed by atoms with Crippen LogP contribution in [0.3, 0.4) is 0 Å². The fraction of sp³-hybridized carbons (Fsp3) is 0.308. The smallest absolute Gasteiger partial charge is 0.0528 e. The average molecular weight is 198 g/mol. The minimum Gasteiger partial charge on any atom is -0.282 e. The average Bonchev–Trinajstić information content (AvgIpc) is 2.80. The Morgan fingerprint density at radius 1 is 1.27 bits per heavy atom. The Balaban J connectivity index is 2.00. The third kappa shape index (κ3) is 1.37. The van der Waals surface area contributed by atoms with Gasteiger partial charge in [0.1, 0.15) is 0 Å². The van der Waals surface area contributed by atoms with Crippen LogP contribution in [0.4, 0.5) is 0 Å². The van der Waals surface area contributed by atoms with Crippen molar-refractivity contribution < 1.29 is 0 Å². The van der Waals surface area contributed by atoms with Gasteiger partial charge in [0.2, 0.25) is 0 Å². The molecule has 0 saturated carbocycles. The maximum atomic E-state index is 4.11. The van der Waals surface area contributed by atoms with E-state index in [2.05, 4.69) is 41.4 Å². The lowest BCUT2D eigenvalue weighted by molar-refractivity contribution is 0.770. The lowest BCUT2D eigenvalue weighted by atomic mass is 9.94. The molecule has 76 valence electrons. The molecule has 1 aliphatic carbocycles. The molecule has 0 radical (unpaired) electrons. The second kappa shape index (κ2) is 3.23. The molecule has 2 nitrogen and oxygen atoms in total. The van der Waals surface area contributed by atoms with Crippen molar-refractivity contribution in [2.45, 2.75) is 25.7 Å². The van der Waals surface area contributed by atoms with E-state index in [1.54, 1.807) is 0 Å². The molecule has 1 heterocycles. The highest BCUT2D eigenvalue weighted by molar-refractivity contribution is 5.38. The van der Waals surface area contributed by atoms with Gasteiger partial charge in [0.15, 0.2) is 0 Å². The van der Waals surface area contributed by atoms with Gasteiger partial charge in [0.25, 0.3) is 0 Å². The highest BCUT2D eigenvalue weighted by Gasteiger charge is 2.25. The van der Waals surface area contributed by atoms with Gasteiger partial charge in [-0.2, -0.15) is 5.10 Å². The summed E-state index contributed by atoms with van der Waals surface area (Å²) in [7, 11) is 0. The lowest BCUT2D eigenvalue weighted by Crippen LogP contribution is -1.94. The molecule has 3 rings (SSSR count). The zero-order valence-electron chi connectivity index (χ0n) is 8.83. The van der Waals surface area contributed by atoms with Crippen molar-refractivity contribution in [3.8, 4) is 0 Å². The van der Waals surface area contributed by atoms with Gasteiger partial charge in [-0.05, 0) is 25.3 Å². The minimum atomic E-state index is 0.555. The van der Waals surface area contributed by atoms with Gasteiger partial charge in [-0.25, -0.2) is 0 Å². The first-order valence-corrected chi connectivity index (χ1v) is 5.43. The van der Waals surface area contributed by atoms with Crippen molar-refractivity contribution >= 4 is 0 Å². The number of benzene rings is 1. The van der Waals surface area contributed by atoms with Gasteiger partial charge in [-0.15, -0.1) is 0 Å². The Bertz CT molecular complexity index is 468. The molecule has 1 atom stereocenters. The molecule has 0 bridgehead atoms. The third-order valence-corrected chi connectivity index (χ3v) is 3.29. The number of aromatic amines is 1. The van der Waals surface area contributed by atoms with Gasteiger partial charge in [-0.1, -0.05) is 29.8 Å². The van der Waals surface area contributed by atoms with Gasteiger partial charge >= 0.3 is 0 Å². The number of nitrogens with one attached hydrogen (secondary N) is 1. The van der Waals surface area contributed by atoms with E-state index in [1.165, 1.54) is 28.8 Å². The van der Waals surface area contributed by atoms with Crippen LogP contribution in [0.25, 0.3) is 0 Å². The van der Waals surface area contributed by atoms with Crippen molar-refractivity contribution in [1.29, 1.82) is 0 Å². The summed E-state index contributed by atoms with van der Waals surface area (Å²) in [5.41, 5.74) is 5.45. The standard InChI is InChI=1S/C13H14N2/c1-9-2-4-10(5-3-9)11-6-7-13-12(11)8-14-15-13/h2-5,8,11H,6-7H2,1H3,(H,14,15). The maximum absolute atomic E-state index is 4.11. The van der Waals surface area contributed by atoms with E-state index >= 15 is 0 Å². The van der Waals surface area contributed by atoms with E-state index in [0.29, 0.717) is 5.92 Å². The molecule has 1 aliphatic rings. The summed E-state index contributed by atoms with van der Waals surface area (Å²) in [5.74, 6) is 0.555. The molecule has 0 fully saturated rings. The Morgan fingerprint density at radius 2 is 2.07 bits per heavy atom. The van der Waals surface area contributed by atoms with Crippen LogP contribution in [0.2, 0.25) is 0 Å². The quantitative estimate of drug-likeness (QED) is 0.750. The zero-order valence-corrected chi connectivity index (χ0v) is 8.83. The predicted molar refractivity (Wildman–Crippen MR) is 59.9 cm³/mol. The predicted octanol–water partition coefficient (Wildman–Crippen LogP) is 2.80. The van der Waals surface area contributed by atoms with Crippen molar-refractivity contribution in [3.63, 3.8) is 0 Å². The Morgan fingerprint density at radius 3 is 2.87 bits per heavy atom. The highest BCUT2D eigenvalue weighted by atomic mass is 15.1. The number of hydrogen-bond donors (Lipinski definition) is 1. The van der Waals surface area contributed by atoms with Gasteiger partial charge < -0.3 is 0 Å². The fourth-order valence-electron chi connectivity index (χ4n) is 2.41. The number of aryl methyl sites for hydroxylation is 2. The Labute approximate surface area is 89.3 Å². The summed E-state index contributed by atoms with van der Waals surface area (Å²) >= 11 is 0. The number of hydrogen-bond acceptors (Lipinski definition) is 1. The maximum Gasteiger partial charge on any atom is 0.0528 e. The van der Waals surface area contributed by atoms with Crippen LogP contribution in [0.1, 0.15) is 34.7 Å². The normalized spacial score (nSPS) is 19.1. The molecule has 1 N–H and O–H groups in total. The summed E-state index contributed by atoms with van der Waals surface area (Å²) in [6, 6.07) is 8.85. The summed E-state index contributed by atoms with van der Waals surface area (Å²) in [6.45, 7) is 2.13. The van der Waals surface area contributed by atoms with E-state index in [0.717, 1.165) is 6.42 Å². The zero-order chi connectivity index (χ0) is 10.3. The van der Waals surface area contributed by atoms with E-state index in [1.807, 2.05) is 6.20 Å². The molecule has 1 aromatic heterocycles. The van der Waals surface area contributed by atoms with E-state index in [9.17, 15) is 0 Å². The van der Waals surface area contributed by atoms with Gasteiger partial charge in [-0.3, -0.25) is 5.10 Å². The molecule has 2 heteroatoms. The topological polar surface area (TPSA) is 28.7 Å².